The van der Waals surface area contributed by atoms with Gasteiger partial charge in [-0.15, -0.1) is 0 Å². The summed E-state index contributed by atoms with van der Waals surface area (Å²) in [5, 5.41) is 18.7. The zero-order chi connectivity index (χ0) is 12.2. The fourth-order valence-corrected chi connectivity index (χ4v) is 1.49. The van der Waals surface area contributed by atoms with Gasteiger partial charge in [-0.2, -0.15) is 0 Å². The van der Waals surface area contributed by atoms with E-state index in [9.17, 15) is 5.11 Å². The third-order valence-electron chi connectivity index (χ3n) is 2.37. The van der Waals surface area contributed by atoms with Crippen molar-refractivity contribution >= 4 is 0 Å². The molecule has 0 aliphatic rings. The summed E-state index contributed by atoms with van der Waals surface area (Å²) in [6.07, 6.45) is 0.365. The summed E-state index contributed by atoms with van der Waals surface area (Å²) < 4.78 is 10.3. The fraction of sp³-hybridized carbons (Fsp3) is 0.500. The second kappa shape index (κ2) is 5.18. The lowest BCUT2D eigenvalue weighted by Gasteiger charge is -2.20. The third kappa shape index (κ3) is 3.12. The van der Waals surface area contributed by atoms with Crippen molar-refractivity contribution in [3.8, 4) is 11.5 Å². The number of hydrogen-bond donors (Lipinski definition) is 2. The monoisotopic (exact) mass is 226 g/mol. The van der Waals surface area contributed by atoms with Crippen molar-refractivity contribution in [1.82, 2.24) is 0 Å². The van der Waals surface area contributed by atoms with Gasteiger partial charge in [-0.3, -0.25) is 0 Å². The SMILES string of the molecule is COc1ccc(CC(C)(O)CO)cc1OC. The summed E-state index contributed by atoms with van der Waals surface area (Å²) in [6.45, 7) is 1.31. The van der Waals surface area contributed by atoms with E-state index in [0.29, 0.717) is 17.9 Å². The van der Waals surface area contributed by atoms with E-state index in [0.717, 1.165) is 5.56 Å². The van der Waals surface area contributed by atoms with E-state index in [1.165, 1.54) is 0 Å². The van der Waals surface area contributed by atoms with Crippen LogP contribution in [0, 0.1) is 0 Å². The highest BCUT2D eigenvalue weighted by Gasteiger charge is 2.20. The summed E-state index contributed by atoms with van der Waals surface area (Å²) in [4.78, 5) is 0. The van der Waals surface area contributed by atoms with Gasteiger partial charge in [0.1, 0.15) is 0 Å². The molecular weight excluding hydrogens is 208 g/mol. The van der Waals surface area contributed by atoms with Crippen LogP contribution in [0.5, 0.6) is 11.5 Å². The molecule has 4 nitrogen and oxygen atoms in total. The number of ether oxygens (including phenoxy) is 2. The molecule has 90 valence electrons. The van der Waals surface area contributed by atoms with Crippen molar-refractivity contribution in [1.29, 1.82) is 0 Å². The van der Waals surface area contributed by atoms with E-state index in [1.54, 1.807) is 33.3 Å². The molecular formula is C12H18O4. The van der Waals surface area contributed by atoms with Crippen LogP contribution >= 0.6 is 0 Å². The normalized spacial score (nSPS) is 14.3. The first-order valence-corrected chi connectivity index (χ1v) is 5.06. The van der Waals surface area contributed by atoms with Gasteiger partial charge in [0.15, 0.2) is 11.5 Å². The maximum atomic E-state index is 9.74. The molecule has 0 fully saturated rings. The van der Waals surface area contributed by atoms with Gasteiger partial charge in [-0.25, -0.2) is 0 Å². The lowest BCUT2D eigenvalue weighted by atomic mass is 9.97. The zero-order valence-electron chi connectivity index (χ0n) is 9.86. The first-order valence-electron chi connectivity index (χ1n) is 5.06. The van der Waals surface area contributed by atoms with Crippen molar-refractivity contribution in [2.45, 2.75) is 18.9 Å². The summed E-state index contributed by atoms with van der Waals surface area (Å²) in [5.41, 5.74) is -0.226. The molecule has 0 amide bonds. The number of aliphatic hydroxyl groups is 2. The first-order chi connectivity index (χ1) is 7.52. The Morgan fingerprint density at radius 2 is 1.81 bits per heavy atom. The molecule has 0 saturated carbocycles. The highest BCUT2D eigenvalue weighted by atomic mass is 16.5. The van der Waals surface area contributed by atoms with Gasteiger partial charge in [0.2, 0.25) is 0 Å². The average Bonchev–Trinajstić information content (AvgIpc) is 2.28. The Bertz CT molecular complexity index is 347. The van der Waals surface area contributed by atoms with E-state index in [-0.39, 0.29) is 6.61 Å². The Morgan fingerprint density at radius 1 is 1.19 bits per heavy atom. The van der Waals surface area contributed by atoms with Crippen LogP contribution in [-0.2, 0) is 6.42 Å². The van der Waals surface area contributed by atoms with Gasteiger partial charge in [0, 0.05) is 6.42 Å². The molecule has 2 N–H and O–H groups in total. The topological polar surface area (TPSA) is 58.9 Å². The van der Waals surface area contributed by atoms with Gasteiger partial charge in [-0.05, 0) is 24.6 Å². The Hall–Kier alpha value is -1.26. The molecule has 0 aromatic heterocycles. The first kappa shape index (κ1) is 12.8. The predicted octanol–water partition coefficient (Wildman–Crippen LogP) is 0.990. The van der Waals surface area contributed by atoms with Crippen LogP contribution in [0.3, 0.4) is 0 Å². The minimum absolute atomic E-state index is 0.276. The average molecular weight is 226 g/mol. The van der Waals surface area contributed by atoms with Crippen molar-refractivity contribution in [3.05, 3.63) is 23.8 Å². The molecule has 0 spiro atoms. The fourth-order valence-electron chi connectivity index (χ4n) is 1.49. The van der Waals surface area contributed by atoms with Gasteiger partial charge >= 0.3 is 0 Å². The molecule has 0 aliphatic carbocycles. The highest BCUT2D eigenvalue weighted by Crippen LogP contribution is 2.28. The van der Waals surface area contributed by atoms with Crippen LogP contribution in [0.15, 0.2) is 18.2 Å². The Morgan fingerprint density at radius 3 is 2.31 bits per heavy atom. The minimum atomic E-state index is -1.11. The van der Waals surface area contributed by atoms with Crippen LogP contribution < -0.4 is 9.47 Å². The second-order valence-electron chi connectivity index (χ2n) is 4.02. The van der Waals surface area contributed by atoms with Gasteiger partial charge in [0.05, 0.1) is 26.4 Å². The number of methoxy groups -OCH3 is 2. The van der Waals surface area contributed by atoms with Crippen molar-refractivity contribution in [2.24, 2.45) is 0 Å². The van der Waals surface area contributed by atoms with Crippen LogP contribution in [-0.4, -0.2) is 36.6 Å². The lowest BCUT2D eigenvalue weighted by molar-refractivity contribution is 0.00228. The molecule has 1 aromatic rings. The molecule has 1 atom stereocenters. The van der Waals surface area contributed by atoms with Crippen LogP contribution in [0.1, 0.15) is 12.5 Å². The largest absolute Gasteiger partial charge is 0.493 e. The molecule has 0 radical (unpaired) electrons. The molecule has 0 saturated heterocycles. The molecule has 0 bridgehead atoms. The standard InChI is InChI=1S/C12H18O4/c1-12(14,8-13)7-9-4-5-10(15-2)11(6-9)16-3/h4-6,13-14H,7-8H2,1-3H3. The number of aliphatic hydroxyl groups excluding tert-OH is 1. The number of hydrogen-bond acceptors (Lipinski definition) is 4. The van der Waals surface area contributed by atoms with Gasteiger partial charge in [-0.1, -0.05) is 6.07 Å². The zero-order valence-corrected chi connectivity index (χ0v) is 9.86. The maximum absolute atomic E-state index is 9.74. The summed E-state index contributed by atoms with van der Waals surface area (Å²) >= 11 is 0. The van der Waals surface area contributed by atoms with Crippen LogP contribution in [0.4, 0.5) is 0 Å². The smallest absolute Gasteiger partial charge is 0.160 e. The highest BCUT2D eigenvalue weighted by molar-refractivity contribution is 5.43. The van der Waals surface area contributed by atoms with Crippen molar-refractivity contribution in [2.75, 3.05) is 20.8 Å². The Balaban J connectivity index is 2.91. The molecule has 0 heterocycles. The van der Waals surface area contributed by atoms with E-state index in [1.807, 2.05) is 6.07 Å². The molecule has 4 heteroatoms. The number of rotatable bonds is 5. The third-order valence-corrected chi connectivity index (χ3v) is 2.37. The number of benzene rings is 1. The van der Waals surface area contributed by atoms with Crippen molar-refractivity contribution < 1.29 is 19.7 Å². The van der Waals surface area contributed by atoms with Crippen LogP contribution in [0.25, 0.3) is 0 Å². The summed E-state index contributed by atoms with van der Waals surface area (Å²) in [6, 6.07) is 5.41. The van der Waals surface area contributed by atoms with Gasteiger partial charge < -0.3 is 19.7 Å². The van der Waals surface area contributed by atoms with E-state index < -0.39 is 5.60 Å². The van der Waals surface area contributed by atoms with E-state index in [2.05, 4.69) is 0 Å². The lowest BCUT2D eigenvalue weighted by Crippen LogP contribution is -2.31. The van der Waals surface area contributed by atoms with Gasteiger partial charge in [0.25, 0.3) is 0 Å². The van der Waals surface area contributed by atoms with E-state index >= 15 is 0 Å². The second-order valence-corrected chi connectivity index (χ2v) is 4.02. The molecule has 1 aromatic carbocycles. The van der Waals surface area contributed by atoms with Crippen molar-refractivity contribution in [3.63, 3.8) is 0 Å². The Labute approximate surface area is 95.4 Å². The molecule has 16 heavy (non-hydrogen) atoms. The summed E-state index contributed by atoms with van der Waals surface area (Å²) in [5.74, 6) is 1.27. The minimum Gasteiger partial charge on any atom is -0.493 e. The Kier molecular flexibility index (Phi) is 4.15. The maximum Gasteiger partial charge on any atom is 0.160 e. The molecule has 0 aliphatic heterocycles. The molecule has 1 rings (SSSR count). The quantitative estimate of drug-likeness (QED) is 0.786. The predicted molar refractivity (Wildman–Crippen MR) is 61.0 cm³/mol. The van der Waals surface area contributed by atoms with Crippen LogP contribution in [0.2, 0.25) is 0 Å². The molecule has 1 unspecified atom stereocenters. The van der Waals surface area contributed by atoms with E-state index in [4.69, 9.17) is 14.6 Å². The summed E-state index contributed by atoms with van der Waals surface area (Å²) in [7, 11) is 3.13.